The van der Waals surface area contributed by atoms with Crippen LogP contribution in [0.15, 0.2) is 30.5 Å². The van der Waals surface area contributed by atoms with Crippen molar-refractivity contribution in [1.29, 1.82) is 0 Å². The highest BCUT2D eigenvalue weighted by molar-refractivity contribution is 6.35. The van der Waals surface area contributed by atoms with Crippen LogP contribution in [0.5, 0.6) is 0 Å². The molecule has 0 saturated heterocycles. The van der Waals surface area contributed by atoms with E-state index in [0.29, 0.717) is 11.6 Å². The molecule has 0 bridgehead atoms. The zero-order valence-electron chi connectivity index (χ0n) is 7.00. The molecule has 2 N–H and O–H groups in total. The van der Waals surface area contributed by atoms with Crippen LogP contribution < -0.4 is 5.73 Å². The first-order valence-corrected chi connectivity index (χ1v) is 4.43. The number of nitrogens with two attached hydrogens (primary N) is 1. The predicted molar refractivity (Wildman–Crippen MR) is 54.6 cm³/mol. The first-order valence-electron chi connectivity index (χ1n) is 4.05. The SMILES string of the molecule is NCc1ccnc2c(Cl)cccc12. The van der Waals surface area contributed by atoms with Gasteiger partial charge in [-0.3, -0.25) is 4.98 Å². The molecule has 0 atom stereocenters. The van der Waals surface area contributed by atoms with E-state index in [1.165, 1.54) is 0 Å². The van der Waals surface area contributed by atoms with Gasteiger partial charge < -0.3 is 5.73 Å². The van der Waals surface area contributed by atoms with Crippen LogP contribution in [0.4, 0.5) is 0 Å². The Balaban J connectivity index is 2.84. The van der Waals surface area contributed by atoms with Gasteiger partial charge in [0.15, 0.2) is 0 Å². The summed E-state index contributed by atoms with van der Waals surface area (Å²) in [4.78, 5) is 4.20. The Bertz CT molecular complexity index is 440. The summed E-state index contributed by atoms with van der Waals surface area (Å²) in [6.07, 6.45) is 1.73. The van der Waals surface area contributed by atoms with Gasteiger partial charge in [0.2, 0.25) is 0 Å². The third-order valence-corrected chi connectivity index (χ3v) is 2.34. The van der Waals surface area contributed by atoms with Crippen LogP contribution in [0.2, 0.25) is 5.02 Å². The minimum Gasteiger partial charge on any atom is -0.326 e. The second-order valence-corrected chi connectivity index (χ2v) is 3.22. The van der Waals surface area contributed by atoms with Crippen molar-refractivity contribution in [2.24, 2.45) is 5.73 Å². The zero-order chi connectivity index (χ0) is 9.26. The summed E-state index contributed by atoms with van der Waals surface area (Å²) in [5.41, 5.74) is 7.50. The molecule has 3 heteroatoms. The Morgan fingerprint density at radius 3 is 2.92 bits per heavy atom. The Hall–Kier alpha value is -1.12. The molecular formula is C10H9ClN2. The number of para-hydroxylation sites is 1. The minimum atomic E-state index is 0.513. The molecule has 0 aliphatic heterocycles. The molecule has 0 spiro atoms. The van der Waals surface area contributed by atoms with E-state index in [4.69, 9.17) is 17.3 Å². The topological polar surface area (TPSA) is 38.9 Å². The molecule has 1 heterocycles. The molecule has 2 nitrogen and oxygen atoms in total. The Labute approximate surface area is 81.3 Å². The smallest absolute Gasteiger partial charge is 0.0891 e. The van der Waals surface area contributed by atoms with Gasteiger partial charge in [0, 0.05) is 18.1 Å². The van der Waals surface area contributed by atoms with Gasteiger partial charge in [0.25, 0.3) is 0 Å². The third kappa shape index (κ3) is 1.39. The van der Waals surface area contributed by atoms with Crippen molar-refractivity contribution < 1.29 is 0 Å². The van der Waals surface area contributed by atoms with E-state index in [1.807, 2.05) is 24.3 Å². The molecule has 2 rings (SSSR count). The highest BCUT2D eigenvalue weighted by Crippen LogP contribution is 2.23. The molecule has 1 aromatic heterocycles. The Morgan fingerprint density at radius 2 is 2.15 bits per heavy atom. The number of hydrogen-bond acceptors (Lipinski definition) is 2. The van der Waals surface area contributed by atoms with Crippen molar-refractivity contribution in [3.8, 4) is 0 Å². The molecule has 2 aromatic rings. The monoisotopic (exact) mass is 192 g/mol. The minimum absolute atomic E-state index is 0.513. The second-order valence-electron chi connectivity index (χ2n) is 2.81. The molecule has 0 amide bonds. The van der Waals surface area contributed by atoms with Gasteiger partial charge >= 0.3 is 0 Å². The van der Waals surface area contributed by atoms with Gasteiger partial charge in [-0.05, 0) is 17.7 Å². The van der Waals surface area contributed by atoms with E-state index < -0.39 is 0 Å². The van der Waals surface area contributed by atoms with Crippen LogP contribution in [-0.2, 0) is 6.54 Å². The number of rotatable bonds is 1. The van der Waals surface area contributed by atoms with Crippen molar-refractivity contribution in [1.82, 2.24) is 4.98 Å². The fourth-order valence-electron chi connectivity index (χ4n) is 1.38. The lowest BCUT2D eigenvalue weighted by atomic mass is 10.1. The van der Waals surface area contributed by atoms with Crippen LogP contribution in [0, 0.1) is 0 Å². The lowest BCUT2D eigenvalue weighted by Gasteiger charge is -2.03. The van der Waals surface area contributed by atoms with Gasteiger partial charge in [-0.2, -0.15) is 0 Å². The number of fused-ring (bicyclic) bond motifs is 1. The van der Waals surface area contributed by atoms with Crippen molar-refractivity contribution in [3.05, 3.63) is 41.0 Å². The van der Waals surface area contributed by atoms with Crippen molar-refractivity contribution in [3.63, 3.8) is 0 Å². The first kappa shape index (κ1) is 8.48. The number of hydrogen-bond donors (Lipinski definition) is 1. The maximum Gasteiger partial charge on any atom is 0.0891 e. The summed E-state index contributed by atoms with van der Waals surface area (Å²) in [7, 11) is 0. The first-order chi connectivity index (χ1) is 6.33. The second kappa shape index (κ2) is 3.32. The predicted octanol–water partition coefficient (Wildman–Crippen LogP) is 2.35. The van der Waals surface area contributed by atoms with Crippen LogP contribution >= 0.6 is 11.6 Å². The third-order valence-electron chi connectivity index (χ3n) is 2.03. The van der Waals surface area contributed by atoms with Crippen molar-refractivity contribution >= 4 is 22.5 Å². The average Bonchev–Trinajstić information content (AvgIpc) is 2.18. The van der Waals surface area contributed by atoms with Gasteiger partial charge in [-0.15, -0.1) is 0 Å². The summed E-state index contributed by atoms with van der Waals surface area (Å²) in [5, 5.41) is 1.71. The summed E-state index contributed by atoms with van der Waals surface area (Å²) in [5.74, 6) is 0. The zero-order valence-corrected chi connectivity index (χ0v) is 7.75. The fourth-order valence-corrected chi connectivity index (χ4v) is 1.60. The van der Waals surface area contributed by atoms with Gasteiger partial charge in [-0.25, -0.2) is 0 Å². The van der Waals surface area contributed by atoms with E-state index in [2.05, 4.69) is 4.98 Å². The largest absolute Gasteiger partial charge is 0.326 e. The van der Waals surface area contributed by atoms with Gasteiger partial charge in [0.05, 0.1) is 10.5 Å². The van der Waals surface area contributed by atoms with E-state index in [1.54, 1.807) is 6.20 Å². The van der Waals surface area contributed by atoms with Gasteiger partial charge in [-0.1, -0.05) is 23.7 Å². The molecule has 66 valence electrons. The maximum absolute atomic E-state index is 5.98. The lowest BCUT2D eigenvalue weighted by molar-refractivity contribution is 1.08. The number of pyridine rings is 1. The van der Waals surface area contributed by atoms with E-state index in [0.717, 1.165) is 16.5 Å². The fraction of sp³-hybridized carbons (Fsp3) is 0.100. The molecule has 0 aliphatic rings. The highest BCUT2D eigenvalue weighted by Gasteiger charge is 2.02. The lowest BCUT2D eigenvalue weighted by Crippen LogP contribution is -1.97. The average molecular weight is 193 g/mol. The molecular weight excluding hydrogens is 184 g/mol. The maximum atomic E-state index is 5.98. The quantitative estimate of drug-likeness (QED) is 0.754. The molecule has 1 aromatic carbocycles. The van der Waals surface area contributed by atoms with Crippen molar-refractivity contribution in [2.45, 2.75) is 6.54 Å². The summed E-state index contributed by atoms with van der Waals surface area (Å²) < 4.78 is 0. The molecule has 0 aliphatic carbocycles. The molecule has 0 radical (unpaired) electrons. The van der Waals surface area contributed by atoms with E-state index in [-0.39, 0.29) is 0 Å². The number of halogens is 1. The Kier molecular flexibility index (Phi) is 2.17. The van der Waals surface area contributed by atoms with Crippen LogP contribution in [0.1, 0.15) is 5.56 Å². The molecule has 13 heavy (non-hydrogen) atoms. The standard InChI is InChI=1S/C10H9ClN2/c11-9-3-1-2-8-7(6-12)4-5-13-10(8)9/h1-5H,6,12H2. The number of aromatic nitrogens is 1. The summed E-state index contributed by atoms with van der Waals surface area (Å²) in [6, 6.07) is 7.64. The summed E-state index contributed by atoms with van der Waals surface area (Å²) in [6.45, 7) is 0.513. The number of benzene rings is 1. The Morgan fingerprint density at radius 1 is 1.31 bits per heavy atom. The highest BCUT2D eigenvalue weighted by atomic mass is 35.5. The summed E-state index contributed by atoms with van der Waals surface area (Å²) >= 11 is 5.98. The van der Waals surface area contributed by atoms with Crippen LogP contribution in [0.3, 0.4) is 0 Å². The normalized spacial score (nSPS) is 10.6. The van der Waals surface area contributed by atoms with Crippen LogP contribution in [0.25, 0.3) is 10.9 Å². The van der Waals surface area contributed by atoms with Gasteiger partial charge in [0.1, 0.15) is 0 Å². The van der Waals surface area contributed by atoms with Crippen LogP contribution in [-0.4, -0.2) is 4.98 Å². The molecule has 0 fully saturated rings. The van der Waals surface area contributed by atoms with Crippen molar-refractivity contribution in [2.75, 3.05) is 0 Å². The van der Waals surface area contributed by atoms with E-state index in [9.17, 15) is 0 Å². The molecule has 0 unspecified atom stereocenters. The number of nitrogens with zero attached hydrogens (tertiary/aromatic N) is 1. The van der Waals surface area contributed by atoms with E-state index >= 15 is 0 Å². The molecule has 0 saturated carbocycles.